The Bertz CT molecular complexity index is 1240. The van der Waals surface area contributed by atoms with Crippen molar-refractivity contribution >= 4 is 23.1 Å². The molecular formula is C23H21F2N5O3. The average molecular weight is 453 g/mol. The van der Waals surface area contributed by atoms with Crippen molar-refractivity contribution in [1.29, 1.82) is 0 Å². The van der Waals surface area contributed by atoms with Crippen LogP contribution in [0.4, 0.5) is 14.5 Å². The summed E-state index contributed by atoms with van der Waals surface area (Å²) in [5.41, 5.74) is 2.09. The lowest BCUT2D eigenvalue weighted by molar-refractivity contribution is -0.120. The molecule has 170 valence electrons. The predicted octanol–water partition coefficient (Wildman–Crippen LogP) is 2.79. The third-order valence-corrected chi connectivity index (χ3v) is 5.27. The second-order valence-electron chi connectivity index (χ2n) is 7.66. The summed E-state index contributed by atoms with van der Waals surface area (Å²) in [4.78, 5) is 30.9. The minimum Gasteiger partial charge on any atom is -0.489 e. The van der Waals surface area contributed by atoms with E-state index in [0.29, 0.717) is 11.4 Å². The van der Waals surface area contributed by atoms with Gasteiger partial charge < -0.3 is 15.0 Å². The van der Waals surface area contributed by atoms with Crippen molar-refractivity contribution in [2.75, 3.05) is 18.6 Å². The minimum absolute atomic E-state index is 0.0945. The van der Waals surface area contributed by atoms with Crippen molar-refractivity contribution in [2.45, 2.75) is 19.5 Å². The molecule has 2 heterocycles. The number of halogens is 2. The van der Waals surface area contributed by atoms with Gasteiger partial charge in [-0.05, 0) is 36.8 Å². The summed E-state index contributed by atoms with van der Waals surface area (Å²) in [7, 11) is 1.59. The second kappa shape index (κ2) is 8.81. The van der Waals surface area contributed by atoms with Crippen LogP contribution in [0, 0.1) is 11.6 Å². The molecule has 4 rings (SSSR count). The summed E-state index contributed by atoms with van der Waals surface area (Å²) in [5, 5.41) is 6.54. The first-order valence-corrected chi connectivity index (χ1v) is 10.1. The minimum atomic E-state index is -0.987. The van der Waals surface area contributed by atoms with Crippen molar-refractivity contribution in [3.05, 3.63) is 77.9 Å². The molecule has 1 atom stereocenters. The van der Waals surface area contributed by atoms with Gasteiger partial charge >= 0.3 is 0 Å². The molecule has 2 amide bonds. The lowest BCUT2D eigenvalue weighted by atomic mass is 10.1. The maximum Gasteiger partial charge on any atom is 0.291 e. The number of aromatic nitrogens is 3. The zero-order valence-corrected chi connectivity index (χ0v) is 18.0. The molecule has 1 aliphatic rings. The number of hydrogen-bond acceptors (Lipinski definition) is 5. The van der Waals surface area contributed by atoms with Gasteiger partial charge in [-0.25, -0.2) is 18.4 Å². The van der Waals surface area contributed by atoms with E-state index in [2.05, 4.69) is 22.0 Å². The largest absolute Gasteiger partial charge is 0.489 e. The zero-order valence-electron chi connectivity index (χ0n) is 18.0. The molecule has 3 aromatic rings. The average Bonchev–Trinajstić information content (AvgIpc) is 3.22. The number of carbonyl (C=O) groups excluding carboxylic acids is 2. The third-order valence-electron chi connectivity index (χ3n) is 5.27. The number of likely N-dealkylation sites (N-methyl/N-ethyl adjacent to an activating group) is 1. The van der Waals surface area contributed by atoms with Crippen LogP contribution in [0.3, 0.4) is 0 Å². The number of hydrogen-bond donors (Lipinski definition) is 1. The van der Waals surface area contributed by atoms with Crippen LogP contribution in [0.15, 0.2) is 49.3 Å². The summed E-state index contributed by atoms with van der Waals surface area (Å²) in [6.45, 7) is 5.43. The second-order valence-corrected chi connectivity index (χ2v) is 7.66. The quantitative estimate of drug-likeness (QED) is 0.642. The molecule has 2 aromatic carbocycles. The lowest BCUT2D eigenvalue weighted by Gasteiger charge is -2.20. The Balaban J connectivity index is 1.48. The molecule has 1 aliphatic heterocycles. The highest BCUT2D eigenvalue weighted by molar-refractivity contribution is 6.02. The molecule has 10 heteroatoms. The zero-order chi connectivity index (χ0) is 23.7. The number of ether oxygens (including phenoxy) is 1. The number of amides is 2. The van der Waals surface area contributed by atoms with Gasteiger partial charge in [0.15, 0.2) is 0 Å². The number of allylic oxidation sites excluding steroid dienone is 1. The van der Waals surface area contributed by atoms with Crippen molar-refractivity contribution in [3.63, 3.8) is 0 Å². The SMILES string of the molecule is C=C(C)c1ccc2c(c1)OC[C@H](NC(=O)c1ncn(Cc3c(F)cccc3F)n1)C(=O)N2C. The third kappa shape index (κ3) is 4.45. The van der Waals surface area contributed by atoms with Crippen LogP contribution in [0.2, 0.25) is 0 Å². The van der Waals surface area contributed by atoms with Gasteiger partial charge in [-0.2, -0.15) is 0 Å². The molecule has 0 fully saturated rings. The number of nitrogens with one attached hydrogen (secondary N) is 1. The topological polar surface area (TPSA) is 89.3 Å². The Kier molecular flexibility index (Phi) is 5.91. The predicted molar refractivity (Wildman–Crippen MR) is 117 cm³/mol. The van der Waals surface area contributed by atoms with Crippen molar-refractivity contribution < 1.29 is 23.1 Å². The number of nitrogens with zero attached hydrogens (tertiary/aromatic N) is 4. The van der Waals surface area contributed by atoms with Gasteiger partial charge in [-0.15, -0.1) is 5.10 Å². The van der Waals surface area contributed by atoms with Crippen LogP contribution >= 0.6 is 0 Å². The van der Waals surface area contributed by atoms with Crippen molar-refractivity contribution in [3.8, 4) is 5.75 Å². The Morgan fingerprint density at radius 3 is 2.70 bits per heavy atom. The van der Waals surface area contributed by atoms with Crippen LogP contribution in [0.25, 0.3) is 5.57 Å². The highest BCUT2D eigenvalue weighted by Gasteiger charge is 2.31. The van der Waals surface area contributed by atoms with E-state index in [1.54, 1.807) is 19.2 Å². The first-order chi connectivity index (χ1) is 15.7. The van der Waals surface area contributed by atoms with Gasteiger partial charge in [0.2, 0.25) is 5.82 Å². The fourth-order valence-electron chi connectivity index (χ4n) is 3.42. The molecule has 0 radical (unpaired) electrons. The molecular weight excluding hydrogens is 432 g/mol. The fourth-order valence-corrected chi connectivity index (χ4v) is 3.42. The Morgan fingerprint density at radius 2 is 2.00 bits per heavy atom. The summed E-state index contributed by atoms with van der Waals surface area (Å²) in [6, 6.07) is 7.92. The van der Waals surface area contributed by atoms with Gasteiger partial charge in [0.1, 0.15) is 36.4 Å². The van der Waals surface area contributed by atoms with E-state index in [-0.39, 0.29) is 30.4 Å². The smallest absolute Gasteiger partial charge is 0.291 e. The standard InChI is InChI=1S/C23H21F2N5O3/c1-13(2)14-7-8-19-20(9-14)33-11-18(23(32)29(19)3)27-22(31)21-26-12-30(28-21)10-15-16(24)5-4-6-17(15)25/h4-9,12,18H,1,10-11H2,2-3H3,(H,27,31)/t18-/m0/s1. The van der Waals surface area contributed by atoms with E-state index < -0.39 is 23.6 Å². The molecule has 0 bridgehead atoms. The number of fused-ring (bicyclic) bond motifs is 1. The van der Waals surface area contributed by atoms with E-state index >= 15 is 0 Å². The van der Waals surface area contributed by atoms with E-state index in [4.69, 9.17) is 4.74 Å². The molecule has 0 saturated heterocycles. The van der Waals surface area contributed by atoms with E-state index in [9.17, 15) is 18.4 Å². The summed E-state index contributed by atoms with van der Waals surface area (Å²) in [5.74, 6) is -2.29. The summed E-state index contributed by atoms with van der Waals surface area (Å²) < 4.78 is 34.7. The molecule has 8 nitrogen and oxygen atoms in total. The van der Waals surface area contributed by atoms with Gasteiger partial charge in [0, 0.05) is 12.6 Å². The maximum atomic E-state index is 13.9. The molecule has 0 unspecified atom stereocenters. The summed E-state index contributed by atoms with van der Waals surface area (Å²) >= 11 is 0. The van der Waals surface area contributed by atoms with Gasteiger partial charge in [0.25, 0.3) is 11.8 Å². The van der Waals surface area contributed by atoms with Crippen LogP contribution in [-0.2, 0) is 11.3 Å². The van der Waals surface area contributed by atoms with Crippen molar-refractivity contribution in [2.24, 2.45) is 0 Å². The van der Waals surface area contributed by atoms with Crippen LogP contribution in [0.1, 0.15) is 28.7 Å². The Morgan fingerprint density at radius 1 is 1.27 bits per heavy atom. The molecule has 1 N–H and O–H groups in total. The molecule has 33 heavy (non-hydrogen) atoms. The fraction of sp³-hybridized carbons (Fsp3) is 0.217. The Hall–Kier alpha value is -4.08. The monoisotopic (exact) mass is 453 g/mol. The Labute approximate surface area is 188 Å². The maximum absolute atomic E-state index is 13.9. The van der Waals surface area contributed by atoms with Gasteiger partial charge in [-0.3, -0.25) is 9.59 Å². The number of carbonyl (C=O) groups is 2. The van der Waals surface area contributed by atoms with Gasteiger partial charge in [0.05, 0.1) is 12.2 Å². The van der Waals surface area contributed by atoms with Crippen LogP contribution in [-0.4, -0.2) is 46.3 Å². The van der Waals surface area contributed by atoms with Crippen LogP contribution < -0.4 is 15.0 Å². The lowest BCUT2D eigenvalue weighted by Crippen LogP contribution is -2.49. The molecule has 0 saturated carbocycles. The van der Waals surface area contributed by atoms with E-state index in [1.165, 1.54) is 17.3 Å². The molecule has 0 aliphatic carbocycles. The van der Waals surface area contributed by atoms with E-state index in [0.717, 1.165) is 28.0 Å². The summed E-state index contributed by atoms with van der Waals surface area (Å²) in [6.07, 6.45) is 1.19. The highest BCUT2D eigenvalue weighted by Crippen LogP contribution is 2.33. The van der Waals surface area contributed by atoms with E-state index in [1.807, 2.05) is 13.0 Å². The van der Waals surface area contributed by atoms with Crippen LogP contribution in [0.5, 0.6) is 5.75 Å². The molecule has 1 aromatic heterocycles. The first kappa shape index (κ1) is 22.1. The van der Waals surface area contributed by atoms with Gasteiger partial charge in [-0.1, -0.05) is 24.3 Å². The first-order valence-electron chi connectivity index (χ1n) is 10.1. The highest BCUT2D eigenvalue weighted by atomic mass is 19.1. The normalized spacial score (nSPS) is 15.5. The van der Waals surface area contributed by atoms with Crippen molar-refractivity contribution in [1.82, 2.24) is 20.1 Å². The number of rotatable bonds is 5. The number of anilines is 1. The number of benzene rings is 2. The molecule has 0 spiro atoms.